The van der Waals surface area contributed by atoms with Crippen LogP contribution in [-0.2, 0) is 13.1 Å². The molecule has 3 aromatic rings. The van der Waals surface area contributed by atoms with Gasteiger partial charge in [0.05, 0.1) is 12.2 Å². The molecule has 8 nitrogen and oxygen atoms in total. The van der Waals surface area contributed by atoms with Gasteiger partial charge in [0, 0.05) is 49.6 Å². The third-order valence-electron chi connectivity index (χ3n) is 5.99. The van der Waals surface area contributed by atoms with E-state index in [9.17, 15) is 4.79 Å². The Morgan fingerprint density at radius 2 is 1.86 bits per heavy atom. The van der Waals surface area contributed by atoms with Gasteiger partial charge in [0.1, 0.15) is 11.6 Å². The van der Waals surface area contributed by atoms with E-state index >= 15 is 0 Å². The molecule has 2 aliphatic rings. The summed E-state index contributed by atoms with van der Waals surface area (Å²) in [6, 6.07) is 9.67. The fourth-order valence-electron chi connectivity index (χ4n) is 4.33. The summed E-state index contributed by atoms with van der Waals surface area (Å²) < 4.78 is 4.13. The molecule has 0 atom stereocenters. The minimum atomic E-state index is 0.0969. The Balaban J connectivity index is 1.24. The molecule has 4 heterocycles. The second-order valence-electron chi connectivity index (χ2n) is 7.80. The van der Waals surface area contributed by atoms with Crippen LogP contribution in [-0.4, -0.2) is 55.0 Å². The number of nitrogens with zero attached hydrogens (tertiary/aromatic N) is 6. The standard InChI is InChI=1S/C21H25N7O/c1-15-6-9-23-28(15)18-4-2-17(3-5-18)21(29)26-11-7-16(8-12-26)20-25-24-19-14-22-10-13-27(19)20/h2-6,9,16,22H,7-8,10-14H2,1H3. The summed E-state index contributed by atoms with van der Waals surface area (Å²) in [5, 5.41) is 16.4. The highest BCUT2D eigenvalue weighted by molar-refractivity contribution is 5.94. The van der Waals surface area contributed by atoms with Gasteiger partial charge in [-0.3, -0.25) is 4.79 Å². The maximum Gasteiger partial charge on any atom is 0.253 e. The molecule has 1 saturated heterocycles. The molecule has 150 valence electrons. The van der Waals surface area contributed by atoms with Crippen molar-refractivity contribution in [3.63, 3.8) is 0 Å². The van der Waals surface area contributed by atoms with E-state index in [1.54, 1.807) is 6.20 Å². The van der Waals surface area contributed by atoms with Gasteiger partial charge in [-0.2, -0.15) is 5.10 Å². The van der Waals surface area contributed by atoms with E-state index in [4.69, 9.17) is 0 Å². The zero-order valence-corrected chi connectivity index (χ0v) is 16.6. The Hall–Kier alpha value is -3.00. The second kappa shape index (κ2) is 7.44. The lowest BCUT2D eigenvalue weighted by molar-refractivity contribution is 0.0710. The van der Waals surface area contributed by atoms with Gasteiger partial charge >= 0.3 is 0 Å². The highest BCUT2D eigenvalue weighted by atomic mass is 16.2. The first-order valence-corrected chi connectivity index (χ1v) is 10.2. The van der Waals surface area contributed by atoms with E-state index in [1.807, 2.05) is 46.8 Å². The molecule has 1 fully saturated rings. The van der Waals surface area contributed by atoms with Crippen LogP contribution in [0.1, 0.15) is 46.5 Å². The van der Waals surface area contributed by atoms with E-state index in [1.165, 1.54) is 0 Å². The number of carbonyl (C=O) groups excluding carboxylic acids is 1. The third-order valence-corrected chi connectivity index (χ3v) is 5.99. The molecule has 1 N–H and O–H groups in total. The molecule has 0 aliphatic carbocycles. The number of aromatic nitrogens is 5. The molecule has 1 aromatic carbocycles. The third kappa shape index (κ3) is 3.33. The van der Waals surface area contributed by atoms with Gasteiger partial charge in [-0.15, -0.1) is 10.2 Å². The molecule has 0 bridgehead atoms. The summed E-state index contributed by atoms with van der Waals surface area (Å²) in [5.41, 5.74) is 2.76. The molecular weight excluding hydrogens is 366 g/mol. The maximum absolute atomic E-state index is 13.0. The van der Waals surface area contributed by atoms with Gasteiger partial charge in [0.2, 0.25) is 0 Å². The lowest BCUT2D eigenvalue weighted by atomic mass is 9.95. The van der Waals surface area contributed by atoms with Crippen molar-refractivity contribution >= 4 is 5.91 Å². The van der Waals surface area contributed by atoms with Gasteiger partial charge in [-0.25, -0.2) is 4.68 Å². The summed E-state index contributed by atoms with van der Waals surface area (Å²) >= 11 is 0. The molecule has 2 aliphatic heterocycles. The SMILES string of the molecule is Cc1ccnn1-c1ccc(C(=O)N2CCC(c3nnc4n3CCNC4)CC2)cc1. The number of likely N-dealkylation sites (tertiary alicyclic amines) is 1. The van der Waals surface area contributed by atoms with E-state index < -0.39 is 0 Å². The summed E-state index contributed by atoms with van der Waals surface area (Å²) in [6.45, 7) is 6.20. The van der Waals surface area contributed by atoms with Crippen LogP contribution in [0.4, 0.5) is 0 Å². The van der Waals surface area contributed by atoms with Crippen LogP contribution in [0.15, 0.2) is 36.5 Å². The predicted molar refractivity (Wildman–Crippen MR) is 108 cm³/mol. The number of benzene rings is 1. The first-order chi connectivity index (χ1) is 14.2. The number of amides is 1. The van der Waals surface area contributed by atoms with Crippen molar-refractivity contribution < 1.29 is 4.79 Å². The largest absolute Gasteiger partial charge is 0.339 e. The van der Waals surface area contributed by atoms with Gasteiger partial charge in [-0.05, 0) is 50.1 Å². The Morgan fingerprint density at radius 3 is 2.59 bits per heavy atom. The van der Waals surface area contributed by atoms with Crippen LogP contribution < -0.4 is 5.32 Å². The van der Waals surface area contributed by atoms with Crippen LogP contribution in [0.2, 0.25) is 0 Å². The van der Waals surface area contributed by atoms with Gasteiger partial charge in [0.15, 0.2) is 0 Å². The molecule has 0 radical (unpaired) electrons. The predicted octanol–water partition coefficient (Wildman–Crippen LogP) is 1.90. The van der Waals surface area contributed by atoms with Crippen LogP contribution in [0, 0.1) is 6.92 Å². The highest BCUT2D eigenvalue weighted by Crippen LogP contribution is 2.28. The van der Waals surface area contributed by atoms with Crippen molar-refractivity contribution in [2.24, 2.45) is 0 Å². The topological polar surface area (TPSA) is 80.9 Å². The summed E-state index contributed by atoms with van der Waals surface area (Å²) in [7, 11) is 0. The van der Waals surface area contributed by atoms with Crippen molar-refractivity contribution in [2.75, 3.05) is 19.6 Å². The first-order valence-electron chi connectivity index (χ1n) is 10.2. The van der Waals surface area contributed by atoms with Crippen molar-refractivity contribution in [2.45, 2.75) is 38.8 Å². The number of aryl methyl sites for hydroxylation is 1. The number of rotatable bonds is 3. The Labute approximate surface area is 169 Å². The monoisotopic (exact) mass is 391 g/mol. The molecule has 29 heavy (non-hydrogen) atoms. The normalized spacial score (nSPS) is 17.3. The molecule has 0 saturated carbocycles. The Bertz CT molecular complexity index is 1010. The molecule has 2 aromatic heterocycles. The maximum atomic E-state index is 13.0. The smallest absolute Gasteiger partial charge is 0.253 e. The number of hydrogen-bond donors (Lipinski definition) is 1. The fraction of sp³-hybridized carbons (Fsp3) is 0.429. The molecular formula is C21H25N7O. The van der Waals surface area contributed by atoms with Crippen molar-refractivity contribution in [3.8, 4) is 5.69 Å². The zero-order valence-electron chi connectivity index (χ0n) is 16.6. The highest BCUT2D eigenvalue weighted by Gasteiger charge is 2.29. The first kappa shape index (κ1) is 18.1. The molecule has 8 heteroatoms. The van der Waals surface area contributed by atoms with Crippen LogP contribution in [0.3, 0.4) is 0 Å². The van der Waals surface area contributed by atoms with Gasteiger partial charge < -0.3 is 14.8 Å². The van der Waals surface area contributed by atoms with Gasteiger partial charge in [0.25, 0.3) is 5.91 Å². The lowest BCUT2D eigenvalue weighted by Gasteiger charge is -2.32. The van der Waals surface area contributed by atoms with Crippen molar-refractivity contribution in [3.05, 3.63) is 59.4 Å². The fourth-order valence-corrected chi connectivity index (χ4v) is 4.33. The summed E-state index contributed by atoms with van der Waals surface area (Å²) in [6.07, 6.45) is 3.64. The molecule has 5 rings (SSSR count). The molecule has 1 amide bonds. The number of nitrogens with one attached hydrogen (secondary N) is 1. The van der Waals surface area contributed by atoms with Crippen LogP contribution in [0.25, 0.3) is 5.69 Å². The summed E-state index contributed by atoms with van der Waals surface area (Å²) in [4.78, 5) is 14.9. The minimum absolute atomic E-state index is 0.0969. The second-order valence-corrected chi connectivity index (χ2v) is 7.80. The van der Waals surface area contributed by atoms with Crippen LogP contribution >= 0.6 is 0 Å². The number of piperidine rings is 1. The van der Waals surface area contributed by atoms with Gasteiger partial charge in [-0.1, -0.05) is 0 Å². The van der Waals surface area contributed by atoms with Crippen molar-refractivity contribution in [1.82, 2.24) is 34.8 Å². The number of carbonyl (C=O) groups is 1. The Kier molecular flexibility index (Phi) is 4.63. The molecule has 0 spiro atoms. The lowest BCUT2D eigenvalue weighted by Crippen LogP contribution is -2.38. The van der Waals surface area contributed by atoms with Crippen molar-refractivity contribution in [1.29, 1.82) is 0 Å². The Morgan fingerprint density at radius 1 is 1.07 bits per heavy atom. The summed E-state index contributed by atoms with van der Waals surface area (Å²) in [5.74, 6) is 2.59. The number of fused-ring (bicyclic) bond motifs is 1. The van der Waals surface area contributed by atoms with E-state index in [-0.39, 0.29) is 5.91 Å². The van der Waals surface area contributed by atoms with Crippen LogP contribution in [0.5, 0.6) is 0 Å². The zero-order chi connectivity index (χ0) is 19.8. The number of hydrogen-bond acceptors (Lipinski definition) is 5. The minimum Gasteiger partial charge on any atom is -0.339 e. The van der Waals surface area contributed by atoms with E-state index in [2.05, 4.69) is 25.2 Å². The molecule has 0 unspecified atom stereocenters. The van der Waals surface area contributed by atoms with E-state index in [0.717, 1.165) is 74.2 Å². The quantitative estimate of drug-likeness (QED) is 0.738. The average Bonchev–Trinajstić information content (AvgIpc) is 3.40. The van der Waals surface area contributed by atoms with E-state index in [0.29, 0.717) is 5.92 Å². The average molecular weight is 391 g/mol.